The summed E-state index contributed by atoms with van der Waals surface area (Å²) >= 11 is 0. The number of pyridine rings is 1. The van der Waals surface area contributed by atoms with Crippen LogP contribution in [-0.2, 0) is 10.0 Å². The van der Waals surface area contributed by atoms with Crippen molar-refractivity contribution >= 4 is 21.6 Å². The van der Waals surface area contributed by atoms with Crippen molar-refractivity contribution in [3.05, 3.63) is 72.4 Å². The Morgan fingerprint density at radius 2 is 1.60 bits per heavy atom. The SMILES string of the molecule is COc1ccc(Oc2ncccc2NC(=O)c2ccc(S(=O)(=O)N3CC(C)CC(C)C3)cc2)cc1. The van der Waals surface area contributed by atoms with Gasteiger partial charge >= 0.3 is 0 Å². The molecule has 0 bridgehead atoms. The minimum absolute atomic E-state index is 0.181. The first-order chi connectivity index (χ1) is 16.8. The maximum absolute atomic E-state index is 13.1. The zero-order valence-corrected chi connectivity index (χ0v) is 20.8. The predicted octanol–water partition coefficient (Wildman–Crippen LogP) is 4.80. The summed E-state index contributed by atoms with van der Waals surface area (Å²) in [6.45, 7) is 5.15. The monoisotopic (exact) mass is 495 g/mol. The van der Waals surface area contributed by atoms with Crippen LogP contribution in [0.3, 0.4) is 0 Å². The number of methoxy groups -OCH3 is 1. The summed E-state index contributed by atoms with van der Waals surface area (Å²) in [4.78, 5) is 17.3. The summed E-state index contributed by atoms with van der Waals surface area (Å²) in [6.07, 6.45) is 2.58. The quantitative estimate of drug-likeness (QED) is 0.506. The first-order valence-electron chi connectivity index (χ1n) is 11.4. The molecule has 8 nitrogen and oxygen atoms in total. The lowest BCUT2D eigenvalue weighted by Crippen LogP contribution is -2.42. The molecule has 0 spiro atoms. The number of hydrogen-bond donors (Lipinski definition) is 1. The average Bonchev–Trinajstić information content (AvgIpc) is 2.85. The summed E-state index contributed by atoms with van der Waals surface area (Å²) in [5.74, 6) is 1.69. The molecule has 1 aliphatic rings. The van der Waals surface area contributed by atoms with Crippen molar-refractivity contribution in [3.8, 4) is 17.4 Å². The summed E-state index contributed by atoms with van der Waals surface area (Å²) in [5.41, 5.74) is 0.713. The lowest BCUT2D eigenvalue weighted by atomic mass is 9.94. The fourth-order valence-electron chi connectivity index (χ4n) is 4.25. The number of sulfonamides is 1. The maximum Gasteiger partial charge on any atom is 0.255 e. The van der Waals surface area contributed by atoms with Crippen LogP contribution in [0.2, 0.25) is 0 Å². The van der Waals surface area contributed by atoms with E-state index < -0.39 is 15.9 Å². The van der Waals surface area contributed by atoms with E-state index in [0.717, 1.165) is 6.42 Å². The lowest BCUT2D eigenvalue weighted by Gasteiger charge is -2.34. The largest absolute Gasteiger partial charge is 0.497 e. The molecule has 1 fully saturated rings. The smallest absolute Gasteiger partial charge is 0.255 e. The van der Waals surface area contributed by atoms with Gasteiger partial charge in [0, 0.05) is 24.8 Å². The van der Waals surface area contributed by atoms with E-state index in [-0.39, 0.29) is 10.8 Å². The highest BCUT2D eigenvalue weighted by atomic mass is 32.2. The van der Waals surface area contributed by atoms with Crippen molar-refractivity contribution in [2.45, 2.75) is 25.2 Å². The van der Waals surface area contributed by atoms with Crippen LogP contribution < -0.4 is 14.8 Å². The highest BCUT2D eigenvalue weighted by molar-refractivity contribution is 7.89. The Balaban J connectivity index is 1.47. The molecule has 3 aromatic rings. The molecular formula is C26H29N3O5S. The van der Waals surface area contributed by atoms with Crippen molar-refractivity contribution in [1.29, 1.82) is 0 Å². The number of aromatic nitrogens is 1. The van der Waals surface area contributed by atoms with E-state index in [1.54, 1.807) is 54.0 Å². The topological polar surface area (TPSA) is 97.8 Å². The van der Waals surface area contributed by atoms with Crippen LogP contribution in [0, 0.1) is 11.8 Å². The number of anilines is 1. The molecule has 2 aromatic carbocycles. The molecule has 1 saturated heterocycles. The third-order valence-electron chi connectivity index (χ3n) is 5.88. The Labute approximate surface area is 206 Å². The first-order valence-corrected chi connectivity index (χ1v) is 12.9. The summed E-state index contributed by atoms with van der Waals surface area (Å²) in [5, 5.41) is 2.79. The van der Waals surface area contributed by atoms with Gasteiger partial charge in [-0.05, 0) is 78.9 Å². The molecule has 2 unspecified atom stereocenters. The van der Waals surface area contributed by atoms with Gasteiger partial charge in [0.25, 0.3) is 5.91 Å². The van der Waals surface area contributed by atoms with Gasteiger partial charge in [0.2, 0.25) is 15.9 Å². The van der Waals surface area contributed by atoms with Crippen molar-refractivity contribution in [3.63, 3.8) is 0 Å². The van der Waals surface area contributed by atoms with E-state index in [0.29, 0.717) is 47.7 Å². The maximum atomic E-state index is 13.1. The van der Waals surface area contributed by atoms with Gasteiger partial charge in [-0.3, -0.25) is 4.79 Å². The third-order valence-corrected chi connectivity index (χ3v) is 7.73. The zero-order chi connectivity index (χ0) is 25.0. The van der Waals surface area contributed by atoms with Crippen LogP contribution in [0.5, 0.6) is 17.4 Å². The summed E-state index contributed by atoms with van der Waals surface area (Å²) in [7, 11) is -2.03. The molecule has 0 saturated carbocycles. The molecule has 9 heteroatoms. The molecule has 2 atom stereocenters. The van der Waals surface area contributed by atoms with Gasteiger partial charge in [-0.15, -0.1) is 0 Å². The molecule has 1 amide bonds. The van der Waals surface area contributed by atoms with Crippen molar-refractivity contribution in [2.75, 3.05) is 25.5 Å². The number of carbonyl (C=O) groups is 1. The Morgan fingerprint density at radius 3 is 2.23 bits per heavy atom. The van der Waals surface area contributed by atoms with Crippen LogP contribution in [0.15, 0.2) is 71.8 Å². The first kappa shape index (κ1) is 24.7. The van der Waals surface area contributed by atoms with Gasteiger partial charge in [-0.2, -0.15) is 4.31 Å². The highest BCUT2D eigenvalue weighted by Crippen LogP contribution is 2.29. The molecule has 1 aromatic heterocycles. The molecule has 1 aliphatic heterocycles. The van der Waals surface area contributed by atoms with E-state index in [1.165, 1.54) is 24.3 Å². The number of rotatable bonds is 7. The normalized spacial score (nSPS) is 18.6. The molecule has 1 N–H and O–H groups in total. The molecule has 0 radical (unpaired) electrons. The van der Waals surface area contributed by atoms with Gasteiger partial charge in [-0.1, -0.05) is 13.8 Å². The van der Waals surface area contributed by atoms with E-state index in [2.05, 4.69) is 24.1 Å². The van der Waals surface area contributed by atoms with E-state index in [1.807, 2.05) is 0 Å². The molecule has 184 valence electrons. The van der Waals surface area contributed by atoms with Crippen molar-refractivity contribution < 1.29 is 22.7 Å². The molecule has 2 heterocycles. The fraction of sp³-hybridized carbons (Fsp3) is 0.308. The predicted molar refractivity (Wildman–Crippen MR) is 133 cm³/mol. The number of hydrogen-bond acceptors (Lipinski definition) is 6. The van der Waals surface area contributed by atoms with Crippen LogP contribution in [0.4, 0.5) is 5.69 Å². The zero-order valence-electron chi connectivity index (χ0n) is 20.0. The second-order valence-electron chi connectivity index (χ2n) is 8.88. The summed E-state index contributed by atoms with van der Waals surface area (Å²) in [6, 6.07) is 16.4. The van der Waals surface area contributed by atoms with Crippen LogP contribution >= 0.6 is 0 Å². The molecular weight excluding hydrogens is 466 g/mol. The molecule has 0 aliphatic carbocycles. The number of amides is 1. The van der Waals surface area contributed by atoms with Crippen LogP contribution in [-0.4, -0.2) is 43.8 Å². The lowest BCUT2D eigenvalue weighted by molar-refractivity contribution is 0.102. The van der Waals surface area contributed by atoms with Gasteiger partial charge in [0.15, 0.2) is 0 Å². The number of ether oxygens (including phenoxy) is 2. The standard InChI is InChI=1S/C26H29N3O5S/c1-18-15-19(2)17-29(16-18)35(31,32)23-12-6-20(7-13-23)25(30)28-24-5-4-14-27-26(24)34-22-10-8-21(33-3)9-11-22/h4-14,18-19H,15-17H2,1-3H3,(H,28,30). The Morgan fingerprint density at radius 1 is 0.971 bits per heavy atom. The van der Waals surface area contributed by atoms with E-state index >= 15 is 0 Å². The second-order valence-corrected chi connectivity index (χ2v) is 10.8. The Bertz CT molecular complexity index is 1270. The third kappa shape index (κ3) is 5.80. The van der Waals surface area contributed by atoms with Crippen molar-refractivity contribution in [2.24, 2.45) is 11.8 Å². The number of piperidine rings is 1. The number of carbonyl (C=O) groups excluding carboxylic acids is 1. The van der Waals surface area contributed by atoms with Gasteiger partial charge in [0.05, 0.1) is 12.0 Å². The van der Waals surface area contributed by atoms with Gasteiger partial charge in [0.1, 0.15) is 17.2 Å². The number of nitrogens with one attached hydrogen (secondary N) is 1. The Hall–Kier alpha value is -3.43. The van der Waals surface area contributed by atoms with Gasteiger partial charge in [-0.25, -0.2) is 13.4 Å². The fourth-order valence-corrected chi connectivity index (χ4v) is 5.93. The number of benzene rings is 2. The average molecular weight is 496 g/mol. The molecule has 35 heavy (non-hydrogen) atoms. The molecule has 4 rings (SSSR count). The summed E-state index contributed by atoms with van der Waals surface area (Å²) < 4.78 is 38.7. The minimum Gasteiger partial charge on any atom is -0.497 e. The van der Waals surface area contributed by atoms with E-state index in [9.17, 15) is 13.2 Å². The van der Waals surface area contributed by atoms with E-state index in [4.69, 9.17) is 9.47 Å². The highest BCUT2D eigenvalue weighted by Gasteiger charge is 2.31. The van der Waals surface area contributed by atoms with Gasteiger partial charge < -0.3 is 14.8 Å². The minimum atomic E-state index is -3.61. The van der Waals surface area contributed by atoms with Crippen LogP contribution in [0.25, 0.3) is 0 Å². The van der Waals surface area contributed by atoms with Crippen molar-refractivity contribution in [1.82, 2.24) is 9.29 Å². The Kier molecular flexibility index (Phi) is 7.37. The second kappa shape index (κ2) is 10.5. The van der Waals surface area contributed by atoms with Crippen LogP contribution in [0.1, 0.15) is 30.6 Å². The number of nitrogens with zero attached hydrogens (tertiary/aromatic N) is 2.